The van der Waals surface area contributed by atoms with Gasteiger partial charge in [0.25, 0.3) is 5.91 Å². The van der Waals surface area contributed by atoms with Crippen LogP contribution in [0.1, 0.15) is 27.9 Å². The second kappa shape index (κ2) is 6.88. The van der Waals surface area contributed by atoms with Gasteiger partial charge in [-0.1, -0.05) is 24.3 Å². The Balaban J connectivity index is 1.73. The molecule has 0 N–H and O–H groups in total. The van der Waals surface area contributed by atoms with E-state index in [1.54, 1.807) is 36.2 Å². The summed E-state index contributed by atoms with van der Waals surface area (Å²) in [6.07, 6.45) is 0.641. The summed E-state index contributed by atoms with van der Waals surface area (Å²) in [7, 11) is -1.43. The average molecular weight is 358 g/mol. The topological polar surface area (TPSA) is 57.7 Å². The van der Waals surface area contributed by atoms with Crippen molar-refractivity contribution in [3.05, 3.63) is 65.2 Å². The van der Waals surface area contributed by atoms with Crippen molar-refractivity contribution in [3.63, 3.8) is 0 Å². The average Bonchev–Trinajstić information content (AvgIpc) is 2.95. The van der Waals surface area contributed by atoms with Crippen LogP contribution >= 0.6 is 0 Å². The maximum atomic E-state index is 12.6. The van der Waals surface area contributed by atoms with Gasteiger partial charge >= 0.3 is 0 Å². The first-order chi connectivity index (χ1) is 11.9. The molecular formula is C19H22N2O3S. The molecule has 132 valence electrons. The van der Waals surface area contributed by atoms with Gasteiger partial charge in [-0.05, 0) is 48.7 Å². The minimum atomic E-state index is -3.20. The van der Waals surface area contributed by atoms with Gasteiger partial charge in [-0.25, -0.2) is 8.42 Å². The highest BCUT2D eigenvalue weighted by Gasteiger charge is 2.28. The van der Waals surface area contributed by atoms with Gasteiger partial charge < -0.3 is 4.90 Å². The van der Waals surface area contributed by atoms with Crippen LogP contribution in [0.15, 0.2) is 48.5 Å². The molecule has 0 bridgehead atoms. The predicted molar refractivity (Wildman–Crippen MR) is 99.2 cm³/mol. The standard InChI is InChI=1S/C19H22N2O3S/c1-15-6-3-4-7-17(15)14-20(2)19(22)16-8-10-18(11-9-16)21-12-5-13-25(21,23)24/h3-4,6-11H,5,12-14H2,1-2H3. The number of carbonyl (C=O) groups excluding carboxylic acids is 1. The van der Waals surface area contributed by atoms with Crippen molar-refractivity contribution < 1.29 is 13.2 Å². The van der Waals surface area contributed by atoms with Gasteiger partial charge in [-0.2, -0.15) is 0 Å². The SMILES string of the molecule is Cc1ccccc1CN(C)C(=O)c1ccc(N2CCCS2(=O)=O)cc1. The first-order valence-corrected chi connectivity index (χ1v) is 9.90. The van der Waals surface area contributed by atoms with E-state index in [0.717, 1.165) is 11.1 Å². The highest BCUT2D eigenvalue weighted by molar-refractivity contribution is 7.93. The Labute approximate surface area is 148 Å². The molecule has 1 fully saturated rings. The van der Waals surface area contributed by atoms with Gasteiger partial charge in [0.2, 0.25) is 10.0 Å². The molecule has 2 aromatic carbocycles. The van der Waals surface area contributed by atoms with Crippen LogP contribution in [0.2, 0.25) is 0 Å². The Hall–Kier alpha value is -2.34. The lowest BCUT2D eigenvalue weighted by Gasteiger charge is -2.20. The highest BCUT2D eigenvalue weighted by Crippen LogP contribution is 2.24. The van der Waals surface area contributed by atoms with Crippen LogP contribution in [-0.4, -0.2) is 38.6 Å². The minimum Gasteiger partial charge on any atom is -0.337 e. The number of benzene rings is 2. The van der Waals surface area contributed by atoms with E-state index < -0.39 is 10.0 Å². The summed E-state index contributed by atoms with van der Waals surface area (Å²) in [5.74, 6) is 0.103. The Kier molecular flexibility index (Phi) is 4.81. The molecule has 0 spiro atoms. The molecular weight excluding hydrogens is 336 g/mol. The summed E-state index contributed by atoms with van der Waals surface area (Å²) in [5.41, 5.74) is 3.43. The molecule has 5 nitrogen and oxygen atoms in total. The first kappa shape index (κ1) is 17.5. The molecule has 0 radical (unpaired) electrons. The van der Waals surface area contributed by atoms with E-state index in [-0.39, 0.29) is 11.7 Å². The Bertz CT molecular complexity index is 876. The number of rotatable bonds is 4. The highest BCUT2D eigenvalue weighted by atomic mass is 32.2. The summed E-state index contributed by atoms with van der Waals surface area (Å²) in [4.78, 5) is 14.3. The zero-order valence-electron chi connectivity index (χ0n) is 14.5. The van der Waals surface area contributed by atoms with Crippen molar-refractivity contribution in [2.75, 3.05) is 23.7 Å². The number of sulfonamides is 1. The molecule has 0 atom stereocenters. The van der Waals surface area contributed by atoms with Crippen LogP contribution in [0.4, 0.5) is 5.69 Å². The summed E-state index contributed by atoms with van der Waals surface area (Å²) in [6.45, 7) is 3.06. The summed E-state index contributed by atoms with van der Waals surface area (Å²) in [6, 6.07) is 14.8. The van der Waals surface area contributed by atoms with E-state index in [1.165, 1.54) is 4.31 Å². The fourth-order valence-electron chi connectivity index (χ4n) is 3.04. The van der Waals surface area contributed by atoms with E-state index in [9.17, 15) is 13.2 Å². The van der Waals surface area contributed by atoms with Crippen LogP contribution < -0.4 is 4.31 Å². The lowest BCUT2D eigenvalue weighted by atomic mass is 10.1. The summed E-state index contributed by atoms with van der Waals surface area (Å²) < 4.78 is 25.4. The molecule has 0 unspecified atom stereocenters. The van der Waals surface area contributed by atoms with E-state index in [2.05, 4.69) is 0 Å². The molecule has 25 heavy (non-hydrogen) atoms. The number of nitrogens with zero attached hydrogens (tertiary/aromatic N) is 2. The third kappa shape index (κ3) is 3.69. The molecule has 0 saturated carbocycles. The van der Waals surface area contributed by atoms with Gasteiger partial charge in [-0.3, -0.25) is 9.10 Å². The Morgan fingerprint density at radius 3 is 2.40 bits per heavy atom. The zero-order chi connectivity index (χ0) is 18.0. The first-order valence-electron chi connectivity index (χ1n) is 8.29. The summed E-state index contributed by atoms with van der Waals surface area (Å²) in [5, 5.41) is 0. The number of anilines is 1. The Morgan fingerprint density at radius 2 is 1.80 bits per heavy atom. The number of hydrogen-bond donors (Lipinski definition) is 0. The van der Waals surface area contributed by atoms with E-state index >= 15 is 0 Å². The fourth-order valence-corrected chi connectivity index (χ4v) is 4.60. The van der Waals surface area contributed by atoms with Gasteiger partial charge in [0.05, 0.1) is 11.4 Å². The normalized spacial score (nSPS) is 16.0. The monoisotopic (exact) mass is 358 g/mol. The molecule has 1 heterocycles. The molecule has 3 rings (SSSR count). The smallest absolute Gasteiger partial charge is 0.253 e. The number of aryl methyl sites for hydroxylation is 1. The van der Waals surface area contributed by atoms with Crippen molar-refractivity contribution >= 4 is 21.6 Å². The minimum absolute atomic E-state index is 0.0842. The van der Waals surface area contributed by atoms with Crippen LogP contribution in [0.3, 0.4) is 0 Å². The number of hydrogen-bond acceptors (Lipinski definition) is 3. The second-order valence-corrected chi connectivity index (χ2v) is 8.39. The van der Waals surface area contributed by atoms with Gasteiger partial charge in [0.1, 0.15) is 0 Å². The molecule has 1 aliphatic heterocycles. The van der Waals surface area contributed by atoms with Gasteiger partial charge in [0, 0.05) is 25.7 Å². The maximum absolute atomic E-state index is 12.6. The number of carbonyl (C=O) groups is 1. The van der Waals surface area contributed by atoms with Gasteiger partial charge in [-0.15, -0.1) is 0 Å². The molecule has 1 aliphatic rings. The van der Waals surface area contributed by atoms with E-state index in [4.69, 9.17) is 0 Å². The number of amides is 1. The lowest BCUT2D eigenvalue weighted by molar-refractivity contribution is 0.0785. The van der Waals surface area contributed by atoms with E-state index in [0.29, 0.717) is 30.8 Å². The molecule has 0 aliphatic carbocycles. The molecule has 1 saturated heterocycles. The predicted octanol–water partition coefficient (Wildman–Crippen LogP) is 2.81. The maximum Gasteiger partial charge on any atom is 0.253 e. The van der Waals surface area contributed by atoms with Crippen molar-refractivity contribution in [1.29, 1.82) is 0 Å². The van der Waals surface area contributed by atoms with Gasteiger partial charge in [0.15, 0.2) is 0 Å². The summed E-state index contributed by atoms with van der Waals surface area (Å²) >= 11 is 0. The van der Waals surface area contributed by atoms with Crippen LogP contribution in [-0.2, 0) is 16.6 Å². The Morgan fingerprint density at radius 1 is 1.12 bits per heavy atom. The van der Waals surface area contributed by atoms with Crippen molar-refractivity contribution in [3.8, 4) is 0 Å². The molecule has 2 aromatic rings. The van der Waals surface area contributed by atoms with Crippen molar-refractivity contribution in [1.82, 2.24) is 4.90 Å². The quantitative estimate of drug-likeness (QED) is 0.844. The van der Waals surface area contributed by atoms with E-state index in [1.807, 2.05) is 31.2 Å². The van der Waals surface area contributed by atoms with Crippen LogP contribution in [0, 0.1) is 6.92 Å². The molecule has 6 heteroatoms. The zero-order valence-corrected chi connectivity index (χ0v) is 15.3. The lowest BCUT2D eigenvalue weighted by Crippen LogP contribution is -2.27. The largest absolute Gasteiger partial charge is 0.337 e. The second-order valence-electron chi connectivity index (χ2n) is 6.38. The van der Waals surface area contributed by atoms with Crippen LogP contribution in [0.25, 0.3) is 0 Å². The third-order valence-corrected chi connectivity index (χ3v) is 6.39. The molecule has 0 aromatic heterocycles. The third-order valence-electron chi connectivity index (χ3n) is 4.52. The van der Waals surface area contributed by atoms with Crippen molar-refractivity contribution in [2.24, 2.45) is 0 Å². The fraction of sp³-hybridized carbons (Fsp3) is 0.316. The van der Waals surface area contributed by atoms with Crippen LogP contribution in [0.5, 0.6) is 0 Å². The molecule has 1 amide bonds. The van der Waals surface area contributed by atoms with Crippen molar-refractivity contribution in [2.45, 2.75) is 19.9 Å².